The van der Waals surface area contributed by atoms with Crippen LogP contribution in [-0.4, -0.2) is 64.6 Å². The quantitative estimate of drug-likeness (QED) is 0.290. The van der Waals surface area contributed by atoms with Crippen molar-refractivity contribution < 1.29 is 36.6 Å². The van der Waals surface area contributed by atoms with E-state index < -0.39 is 39.9 Å². The molecule has 44 heavy (non-hydrogen) atoms. The van der Waals surface area contributed by atoms with Crippen molar-refractivity contribution in [1.29, 1.82) is 0 Å². The first-order chi connectivity index (χ1) is 20.7. The van der Waals surface area contributed by atoms with Crippen molar-refractivity contribution in [1.82, 2.24) is 10.2 Å². The lowest BCUT2D eigenvalue weighted by Crippen LogP contribution is -2.55. The summed E-state index contributed by atoms with van der Waals surface area (Å²) in [5, 5.41) is 2.93. The second-order valence-electron chi connectivity index (χ2n) is 11.0. The van der Waals surface area contributed by atoms with Crippen LogP contribution in [0.15, 0.2) is 71.6 Å². The van der Waals surface area contributed by atoms with Crippen LogP contribution in [0.3, 0.4) is 0 Å². The molecule has 0 saturated heterocycles. The fraction of sp³-hybridized carbons (Fsp3) is 0.375. The first-order valence-electron chi connectivity index (χ1n) is 14.0. The highest BCUT2D eigenvalue weighted by molar-refractivity contribution is 7.92. The third-order valence-electron chi connectivity index (χ3n) is 6.73. The number of carbonyl (C=O) groups is 2. The maximum atomic E-state index is 14.2. The largest absolute Gasteiger partial charge is 0.497 e. The molecule has 1 unspecified atom stereocenters. The summed E-state index contributed by atoms with van der Waals surface area (Å²) in [4.78, 5) is 28.8. The molecule has 0 aliphatic heterocycles. The van der Waals surface area contributed by atoms with Gasteiger partial charge >= 0.3 is 0 Å². The molecular formula is C32H40FN3O7S. The van der Waals surface area contributed by atoms with Gasteiger partial charge in [-0.15, -0.1) is 0 Å². The minimum atomic E-state index is -4.41. The number of sulfonamides is 1. The van der Waals surface area contributed by atoms with Gasteiger partial charge in [0.1, 0.15) is 24.2 Å². The topological polar surface area (TPSA) is 114 Å². The molecule has 0 saturated carbocycles. The van der Waals surface area contributed by atoms with E-state index in [0.29, 0.717) is 17.1 Å². The number of benzene rings is 3. The number of ether oxygens (including phenoxy) is 3. The molecule has 0 fully saturated rings. The molecule has 3 aromatic carbocycles. The Morgan fingerprint density at radius 2 is 1.50 bits per heavy atom. The lowest BCUT2D eigenvalue weighted by Gasteiger charge is -2.34. The summed E-state index contributed by atoms with van der Waals surface area (Å²) in [6.07, 6.45) is 0.267. The summed E-state index contributed by atoms with van der Waals surface area (Å²) in [5.41, 5.74) is 0.194. The molecule has 0 spiro atoms. The zero-order valence-electron chi connectivity index (χ0n) is 26.1. The number of halogens is 1. The minimum absolute atomic E-state index is 0.0204. The van der Waals surface area contributed by atoms with Gasteiger partial charge in [0.2, 0.25) is 11.8 Å². The molecule has 1 N–H and O–H groups in total. The molecular weight excluding hydrogens is 589 g/mol. The van der Waals surface area contributed by atoms with Crippen LogP contribution in [0.5, 0.6) is 17.2 Å². The van der Waals surface area contributed by atoms with Crippen LogP contribution in [-0.2, 0) is 26.2 Å². The molecule has 0 heterocycles. The summed E-state index contributed by atoms with van der Waals surface area (Å²) in [5.74, 6) is -0.479. The highest BCUT2D eigenvalue weighted by atomic mass is 32.2. The molecule has 0 aliphatic carbocycles. The number of nitrogens with zero attached hydrogens (tertiary/aromatic N) is 2. The van der Waals surface area contributed by atoms with Crippen molar-refractivity contribution in [3.05, 3.63) is 78.1 Å². The van der Waals surface area contributed by atoms with Crippen LogP contribution >= 0.6 is 0 Å². The average molecular weight is 630 g/mol. The number of carbonyl (C=O) groups excluding carboxylic acids is 2. The molecule has 0 aromatic heterocycles. The summed E-state index contributed by atoms with van der Waals surface area (Å²) in [7, 11) is -0.0678. The Morgan fingerprint density at radius 3 is 2.02 bits per heavy atom. The van der Waals surface area contributed by atoms with Crippen LogP contribution in [0.1, 0.15) is 39.7 Å². The smallest absolute Gasteiger partial charge is 0.264 e. The summed E-state index contributed by atoms with van der Waals surface area (Å²) in [6.45, 7) is 6.63. The van der Waals surface area contributed by atoms with Crippen LogP contribution in [0.25, 0.3) is 0 Å². The monoisotopic (exact) mass is 629 g/mol. The summed E-state index contributed by atoms with van der Waals surface area (Å²) < 4.78 is 58.8. The molecule has 3 aromatic rings. The van der Waals surface area contributed by atoms with Gasteiger partial charge in [-0.2, -0.15) is 0 Å². The predicted molar refractivity (Wildman–Crippen MR) is 166 cm³/mol. The molecule has 0 bridgehead atoms. The lowest BCUT2D eigenvalue weighted by atomic mass is 10.1. The number of hydrogen-bond donors (Lipinski definition) is 1. The summed E-state index contributed by atoms with van der Waals surface area (Å²) >= 11 is 0. The van der Waals surface area contributed by atoms with Gasteiger partial charge in [-0.25, -0.2) is 12.8 Å². The zero-order valence-corrected chi connectivity index (χ0v) is 26.9. The fourth-order valence-corrected chi connectivity index (χ4v) is 5.97. The second-order valence-corrected chi connectivity index (χ2v) is 12.9. The molecule has 0 aliphatic rings. The SMILES string of the molecule is CCC(C(=O)NC(C)(C)C)N(Cc1ccc(OC)cc1)C(=O)CN(c1ccc(F)cc1)S(=O)(=O)c1ccc(OC)c(OC)c1. The number of rotatable bonds is 13. The first-order valence-corrected chi connectivity index (χ1v) is 15.4. The van der Waals surface area contributed by atoms with Crippen molar-refractivity contribution in [2.24, 2.45) is 0 Å². The van der Waals surface area contributed by atoms with Gasteiger partial charge in [0, 0.05) is 18.2 Å². The van der Waals surface area contributed by atoms with E-state index >= 15 is 0 Å². The number of nitrogens with one attached hydrogen (secondary N) is 1. The molecule has 2 amide bonds. The second kappa shape index (κ2) is 14.4. The first kappa shape index (κ1) is 34.2. The Labute approximate surface area is 258 Å². The van der Waals surface area contributed by atoms with Gasteiger partial charge in [-0.1, -0.05) is 19.1 Å². The Kier molecular flexibility index (Phi) is 11.2. The normalized spacial score (nSPS) is 12.2. The van der Waals surface area contributed by atoms with Gasteiger partial charge in [-0.3, -0.25) is 13.9 Å². The van der Waals surface area contributed by atoms with Crippen LogP contribution in [0, 0.1) is 5.82 Å². The minimum Gasteiger partial charge on any atom is -0.497 e. The Bertz CT molecular complexity index is 1540. The van der Waals surface area contributed by atoms with Crippen LogP contribution < -0.4 is 23.8 Å². The number of amides is 2. The van der Waals surface area contributed by atoms with E-state index in [2.05, 4.69) is 5.32 Å². The van der Waals surface area contributed by atoms with Crippen molar-refractivity contribution in [2.75, 3.05) is 32.2 Å². The maximum Gasteiger partial charge on any atom is 0.264 e. The highest BCUT2D eigenvalue weighted by Crippen LogP contribution is 2.32. The molecule has 238 valence electrons. The Hall–Kier alpha value is -4.32. The van der Waals surface area contributed by atoms with E-state index in [1.807, 2.05) is 20.8 Å². The Morgan fingerprint density at radius 1 is 0.886 bits per heavy atom. The third-order valence-corrected chi connectivity index (χ3v) is 8.50. The van der Waals surface area contributed by atoms with Crippen molar-refractivity contribution in [3.8, 4) is 17.2 Å². The number of anilines is 1. The summed E-state index contributed by atoms with van der Waals surface area (Å²) in [6, 6.07) is 14.9. The van der Waals surface area contributed by atoms with Gasteiger partial charge < -0.3 is 24.4 Å². The van der Waals surface area contributed by atoms with Gasteiger partial charge in [0.15, 0.2) is 11.5 Å². The van der Waals surface area contributed by atoms with Gasteiger partial charge in [0.25, 0.3) is 10.0 Å². The number of hydrogen-bond acceptors (Lipinski definition) is 7. The van der Waals surface area contributed by atoms with Crippen molar-refractivity contribution >= 4 is 27.5 Å². The maximum absolute atomic E-state index is 14.2. The van der Waals surface area contributed by atoms with E-state index in [9.17, 15) is 22.4 Å². The Balaban J connectivity index is 2.10. The lowest BCUT2D eigenvalue weighted by molar-refractivity contribution is -0.141. The van der Waals surface area contributed by atoms with E-state index in [1.54, 1.807) is 31.2 Å². The average Bonchev–Trinajstić information content (AvgIpc) is 2.99. The van der Waals surface area contributed by atoms with E-state index in [-0.39, 0.29) is 35.2 Å². The molecule has 12 heteroatoms. The predicted octanol–water partition coefficient (Wildman–Crippen LogP) is 4.77. The van der Waals surface area contributed by atoms with E-state index in [4.69, 9.17) is 14.2 Å². The van der Waals surface area contributed by atoms with Crippen molar-refractivity contribution in [2.45, 2.75) is 57.1 Å². The molecule has 10 nitrogen and oxygen atoms in total. The molecule has 3 rings (SSSR count). The highest BCUT2D eigenvalue weighted by Gasteiger charge is 2.35. The fourth-order valence-electron chi connectivity index (χ4n) is 4.54. The van der Waals surface area contributed by atoms with Crippen molar-refractivity contribution in [3.63, 3.8) is 0 Å². The number of methoxy groups -OCH3 is 3. The van der Waals surface area contributed by atoms with E-state index in [0.717, 1.165) is 16.4 Å². The van der Waals surface area contributed by atoms with Crippen LogP contribution in [0.4, 0.5) is 10.1 Å². The van der Waals surface area contributed by atoms with Crippen LogP contribution in [0.2, 0.25) is 0 Å². The van der Waals surface area contributed by atoms with Gasteiger partial charge in [0.05, 0.1) is 31.9 Å². The standard InChI is InChI=1S/C32H40FN3O7S/c1-8-27(31(38)34-32(2,3)4)35(20-22-9-15-25(41-5)16-10-22)30(37)21-36(24-13-11-23(33)12-14-24)44(39,40)26-17-18-28(42-6)29(19-26)43-7/h9-19,27H,8,20-21H2,1-7H3,(H,34,38). The van der Waals surface area contributed by atoms with Gasteiger partial charge in [-0.05, 0) is 81.3 Å². The molecule has 0 radical (unpaired) electrons. The zero-order chi connectivity index (χ0) is 32.7. The third kappa shape index (κ3) is 8.40. The molecule has 1 atom stereocenters. The van der Waals surface area contributed by atoms with E-state index in [1.165, 1.54) is 56.6 Å².